The molecule has 1 aromatic rings. The quantitative estimate of drug-likeness (QED) is 0.822. The first kappa shape index (κ1) is 17.7. The van der Waals surface area contributed by atoms with Crippen molar-refractivity contribution in [3.8, 4) is 5.75 Å². The van der Waals surface area contributed by atoms with Crippen LogP contribution in [0.4, 0.5) is 9.18 Å². The molecular formula is C16H19FN2O5. The molecule has 0 aromatic heterocycles. The maximum Gasteiger partial charge on any atom is 0.350 e. The summed E-state index contributed by atoms with van der Waals surface area (Å²) in [4.78, 5) is 36.8. The number of nitrogens with zero attached hydrogens (tertiary/aromatic N) is 1. The smallest absolute Gasteiger partial charge is 0.350 e. The van der Waals surface area contributed by atoms with Gasteiger partial charge in [0.2, 0.25) is 0 Å². The monoisotopic (exact) mass is 338 g/mol. The fourth-order valence-corrected chi connectivity index (χ4v) is 2.09. The first-order chi connectivity index (χ1) is 11.2. The molecule has 1 saturated heterocycles. The van der Waals surface area contributed by atoms with Crippen LogP contribution in [-0.2, 0) is 14.3 Å². The fraction of sp³-hybridized carbons (Fsp3) is 0.438. The van der Waals surface area contributed by atoms with Crippen molar-refractivity contribution in [2.45, 2.75) is 32.5 Å². The van der Waals surface area contributed by atoms with Crippen LogP contribution in [0.2, 0.25) is 0 Å². The Hall–Kier alpha value is -2.64. The van der Waals surface area contributed by atoms with E-state index in [1.807, 2.05) is 0 Å². The van der Waals surface area contributed by atoms with E-state index in [1.165, 1.54) is 45.0 Å². The van der Waals surface area contributed by atoms with Gasteiger partial charge in [-0.25, -0.2) is 14.0 Å². The Morgan fingerprint density at radius 2 is 1.92 bits per heavy atom. The summed E-state index contributed by atoms with van der Waals surface area (Å²) in [5.74, 6) is -1.51. The van der Waals surface area contributed by atoms with E-state index in [2.05, 4.69) is 5.32 Å². The number of urea groups is 1. The molecule has 3 amide bonds. The number of hydrogen-bond acceptors (Lipinski definition) is 5. The van der Waals surface area contributed by atoms with Crippen LogP contribution in [0.1, 0.15) is 20.8 Å². The van der Waals surface area contributed by atoms with Gasteiger partial charge in [0.15, 0.2) is 11.7 Å². The van der Waals surface area contributed by atoms with Crippen molar-refractivity contribution in [1.82, 2.24) is 10.2 Å². The summed E-state index contributed by atoms with van der Waals surface area (Å²) in [6.07, 6.45) is -1.13. The van der Waals surface area contributed by atoms with E-state index in [0.29, 0.717) is 6.54 Å². The number of benzene rings is 1. The lowest BCUT2D eigenvalue weighted by molar-refractivity contribution is -0.169. The molecular weight excluding hydrogens is 319 g/mol. The normalized spacial score (nSPS) is 15.7. The van der Waals surface area contributed by atoms with E-state index < -0.39 is 35.4 Å². The number of rotatable bonds is 5. The molecule has 0 unspecified atom stereocenters. The minimum absolute atomic E-state index is 0.231. The van der Waals surface area contributed by atoms with Gasteiger partial charge in [-0.1, -0.05) is 0 Å². The van der Waals surface area contributed by atoms with Crippen LogP contribution < -0.4 is 10.1 Å². The van der Waals surface area contributed by atoms with E-state index in [-0.39, 0.29) is 12.3 Å². The molecule has 0 spiro atoms. The number of ether oxygens (including phenoxy) is 2. The molecule has 7 nitrogen and oxygen atoms in total. The molecule has 1 atom stereocenters. The summed E-state index contributed by atoms with van der Waals surface area (Å²) >= 11 is 0. The summed E-state index contributed by atoms with van der Waals surface area (Å²) in [7, 11) is 0. The standard InChI is InChI=1S/C16H19FN2O5/c1-10(13(20)19-9-8-18-15(19)22)23-14(21)16(2,3)24-12-6-4-11(17)5-7-12/h4-7,10H,8-9H2,1-3H3,(H,18,22)/t10-/m0/s1. The fourth-order valence-electron chi connectivity index (χ4n) is 2.09. The molecule has 1 heterocycles. The van der Waals surface area contributed by atoms with Crippen LogP contribution in [-0.4, -0.2) is 47.6 Å². The lowest BCUT2D eigenvalue weighted by Crippen LogP contribution is -2.46. The summed E-state index contributed by atoms with van der Waals surface area (Å²) in [6.45, 7) is 4.93. The molecule has 1 aliphatic heterocycles. The highest BCUT2D eigenvalue weighted by atomic mass is 19.1. The molecule has 1 aliphatic rings. The van der Waals surface area contributed by atoms with Gasteiger partial charge in [-0.15, -0.1) is 0 Å². The largest absolute Gasteiger partial charge is 0.476 e. The van der Waals surface area contributed by atoms with Gasteiger partial charge < -0.3 is 14.8 Å². The Labute approximate surface area is 138 Å². The summed E-state index contributed by atoms with van der Waals surface area (Å²) in [5, 5.41) is 2.50. The third-order valence-electron chi connectivity index (χ3n) is 3.43. The van der Waals surface area contributed by atoms with E-state index in [1.54, 1.807) is 0 Å². The van der Waals surface area contributed by atoms with E-state index in [9.17, 15) is 18.8 Å². The van der Waals surface area contributed by atoms with Gasteiger partial charge in [0.25, 0.3) is 5.91 Å². The Kier molecular flexibility index (Phi) is 5.06. The van der Waals surface area contributed by atoms with Crippen molar-refractivity contribution < 1.29 is 28.2 Å². The van der Waals surface area contributed by atoms with Gasteiger partial charge in [-0.3, -0.25) is 9.69 Å². The molecule has 0 radical (unpaired) electrons. The predicted octanol–water partition coefficient (Wildman–Crippen LogP) is 1.47. The lowest BCUT2D eigenvalue weighted by Gasteiger charge is -2.26. The SMILES string of the molecule is C[C@H](OC(=O)C(C)(C)Oc1ccc(F)cc1)C(=O)N1CCNC1=O. The van der Waals surface area contributed by atoms with Crippen LogP contribution >= 0.6 is 0 Å². The van der Waals surface area contributed by atoms with Gasteiger partial charge in [0, 0.05) is 13.1 Å². The van der Waals surface area contributed by atoms with Gasteiger partial charge >= 0.3 is 12.0 Å². The number of carbonyl (C=O) groups excluding carboxylic acids is 3. The number of amides is 3. The number of imide groups is 1. The van der Waals surface area contributed by atoms with Crippen molar-refractivity contribution in [1.29, 1.82) is 0 Å². The average molecular weight is 338 g/mol. The zero-order chi connectivity index (χ0) is 17.9. The highest BCUT2D eigenvalue weighted by molar-refractivity contribution is 5.98. The molecule has 24 heavy (non-hydrogen) atoms. The molecule has 1 N–H and O–H groups in total. The molecule has 0 bridgehead atoms. The van der Waals surface area contributed by atoms with Gasteiger partial charge in [-0.2, -0.15) is 0 Å². The topological polar surface area (TPSA) is 84.9 Å². The van der Waals surface area contributed by atoms with Crippen molar-refractivity contribution in [3.63, 3.8) is 0 Å². The summed E-state index contributed by atoms with van der Waals surface area (Å²) in [5.41, 5.74) is -1.39. The van der Waals surface area contributed by atoms with Gasteiger partial charge in [0.1, 0.15) is 11.6 Å². The summed E-state index contributed by atoms with van der Waals surface area (Å²) in [6, 6.07) is 4.66. The van der Waals surface area contributed by atoms with E-state index in [4.69, 9.17) is 9.47 Å². The molecule has 1 fully saturated rings. The number of nitrogens with one attached hydrogen (secondary N) is 1. The van der Waals surface area contributed by atoms with Crippen LogP contribution in [0.5, 0.6) is 5.75 Å². The minimum atomic E-state index is -1.39. The Morgan fingerprint density at radius 3 is 2.46 bits per heavy atom. The summed E-state index contributed by atoms with van der Waals surface area (Å²) < 4.78 is 23.5. The second-order valence-corrected chi connectivity index (χ2v) is 5.84. The predicted molar refractivity (Wildman–Crippen MR) is 81.8 cm³/mol. The van der Waals surface area contributed by atoms with Crippen LogP contribution in [0.25, 0.3) is 0 Å². The second kappa shape index (κ2) is 6.86. The number of halogens is 1. The molecule has 1 aromatic carbocycles. The maximum absolute atomic E-state index is 12.9. The first-order valence-corrected chi connectivity index (χ1v) is 7.45. The molecule has 0 aliphatic carbocycles. The van der Waals surface area contributed by atoms with Crippen molar-refractivity contribution in [2.24, 2.45) is 0 Å². The molecule has 2 rings (SSSR count). The molecule has 0 saturated carbocycles. The van der Waals surface area contributed by atoms with Gasteiger partial charge in [-0.05, 0) is 45.0 Å². The zero-order valence-electron chi connectivity index (χ0n) is 13.7. The van der Waals surface area contributed by atoms with Crippen LogP contribution in [0, 0.1) is 5.82 Å². The first-order valence-electron chi connectivity index (χ1n) is 7.45. The lowest BCUT2D eigenvalue weighted by atomic mass is 10.1. The third-order valence-corrected chi connectivity index (χ3v) is 3.43. The van der Waals surface area contributed by atoms with Crippen LogP contribution in [0.3, 0.4) is 0 Å². The third kappa shape index (κ3) is 4.01. The minimum Gasteiger partial charge on any atom is -0.476 e. The maximum atomic E-state index is 12.9. The highest BCUT2D eigenvalue weighted by Crippen LogP contribution is 2.20. The molecule has 130 valence electrons. The van der Waals surface area contributed by atoms with Crippen LogP contribution in [0.15, 0.2) is 24.3 Å². The van der Waals surface area contributed by atoms with E-state index >= 15 is 0 Å². The molecule has 8 heteroatoms. The highest BCUT2D eigenvalue weighted by Gasteiger charge is 2.37. The van der Waals surface area contributed by atoms with Crippen molar-refractivity contribution >= 4 is 17.9 Å². The zero-order valence-corrected chi connectivity index (χ0v) is 13.7. The number of hydrogen-bond donors (Lipinski definition) is 1. The Bertz CT molecular complexity index is 644. The van der Waals surface area contributed by atoms with Crippen molar-refractivity contribution in [3.05, 3.63) is 30.1 Å². The number of esters is 1. The van der Waals surface area contributed by atoms with E-state index in [0.717, 1.165) is 4.90 Å². The Morgan fingerprint density at radius 1 is 1.29 bits per heavy atom. The number of carbonyl (C=O) groups is 3. The second-order valence-electron chi connectivity index (χ2n) is 5.84. The van der Waals surface area contributed by atoms with Crippen molar-refractivity contribution in [2.75, 3.05) is 13.1 Å². The average Bonchev–Trinajstić information content (AvgIpc) is 2.94. The van der Waals surface area contributed by atoms with Gasteiger partial charge in [0.05, 0.1) is 0 Å². The Balaban J connectivity index is 1.97.